The van der Waals surface area contributed by atoms with Crippen molar-refractivity contribution >= 4 is 5.82 Å². The summed E-state index contributed by atoms with van der Waals surface area (Å²) in [6, 6.07) is 0. The molecule has 0 bridgehead atoms. The van der Waals surface area contributed by atoms with E-state index < -0.39 is 0 Å². The van der Waals surface area contributed by atoms with Crippen LogP contribution in [0.15, 0.2) is 12.4 Å². The van der Waals surface area contributed by atoms with Crippen LogP contribution in [0.5, 0.6) is 0 Å². The van der Waals surface area contributed by atoms with Gasteiger partial charge < -0.3 is 10.2 Å². The van der Waals surface area contributed by atoms with E-state index in [4.69, 9.17) is 0 Å². The molecule has 1 aromatic rings. The minimum absolute atomic E-state index is 0.403. The van der Waals surface area contributed by atoms with Gasteiger partial charge in [0.1, 0.15) is 5.82 Å². The molecule has 16 heavy (non-hydrogen) atoms. The topological polar surface area (TPSA) is 41.1 Å². The van der Waals surface area contributed by atoms with Crippen LogP contribution in [0.1, 0.15) is 26.0 Å². The van der Waals surface area contributed by atoms with E-state index in [0.717, 1.165) is 31.1 Å². The number of anilines is 1. The first-order valence-electron chi connectivity index (χ1n) is 5.81. The van der Waals surface area contributed by atoms with Crippen molar-refractivity contribution < 1.29 is 0 Å². The van der Waals surface area contributed by atoms with Crippen molar-refractivity contribution in [1.29, 1.82) is 0 Å². The molecule has 1 saturated heterocycles. The Morgan fingerprint density at radius 3 is 2.88 bits per heavy atom. The molecule has 0 saturated carbocycles. The van der Waals surface area contributed by atoms with Gasteiger partial charge in [-0.05, 0) is 18.9 Å². The van der Waals surface area contributed by atoms with E-state index >= 15 is 0 Å². The van der Waals surface area contributed by atoms with Crippen molar-refractivity contribution in [3.63, 3.8) is 0 Å². The highest BCUT2D eigenvalue weighted by molar-refractivity contribution is 5.38. The predicted octanol–water partition coefficient (Wildman–Crippen LogP) is 1.43. The SMILES string of the molecule is CNCc1cncc(N2CCC(C)(C)C2)n1. The zero-order valence-corrected chi connectivity index (χ0v) is 10.3. The number of aromatic nitrogens is 2. The summed E-state index contributed by atoms with van der Waals surface area (Å²) in [4.78, 5) is 11.2. The highest BCUT2D eigenvalue weighted by Crippen LogP contribution is 2.31. The summed E-state index contributed by atoms with van der Waals surface area (Å²) < 4.78 is 0. The van der Waals surface area contributed by atoms with Crippen LogP contribution in [-0.2, 0) is 6.54 Å². The first-order valence-corrected chi connectivity index (χ1v) is 5.81. The minimum atomic E-state index is 0.403. The van der Waals surface area contributed by atoms with Gasteiger partial charge in [0.15, 0.2) is 0 Å². The Morgan fingerprint density at radius 1 is 1.44 bits per heavy atom. The second-order valence-electron chi connectivity index (χ2n) is 5.23. The van der Waals surface area contributed by atoms with Crippen LogP contribution in [0, 0.1) is 5.41 Å². The summed E-state index contributed by atoms with van der Waals surface area (Å²) in [7, 11) is 1.92. The zero-order valence-electron chi connectivity index (χ0n) is 10.3. The lowest BCUT2D eigenvalue weighted by atomic mass is 9.93. The molecular formula is C12H20N4. The van der Waals surface area contributed by atoms with E-state index in [-0.39, 0.29) is 0 Å². The molecule has 0 radical (unpaired) electrons. The Morgan fingerprint density at radius 2 is 2.25 bits per heavy atom. The Balaban J connectivity index is 2.12. The van der Waals surface area contributed by atoms with Gasteiger partial charge in [0.25, 0.3) is 0 Å². The molecule has 1 aliphatic heterocycles. The third-order valence-corrected chi connectivity index (χ3v) is 3.03. The van der Waals surface area contributed by atoms with Crippen molar-refractivity contribution in [3.8, 4) is 0 Å². The molecule has 1 fully saturated rings. The molecule has 88 valence electrons. The van der Waals surface area contributed by atoms with Crippen molar-refractivity contribution in [2.75, 3.05) is 25.0 Å². The third kappa shape index (κ3) is 2.50. The average Bonchev–Trinajstić information content (AvgIpc) is 2.60. The standard InChI is InChI=1S/C12H20N4/c1-12(2)4-5-16(9-12)11-8-14-7-10(15-11)6-13-3/h7-8,13H,4-6,9H2,1-3H3. The molecule has 1 aromatic heterocycles. The van der Waals surface area contributed by atoms with Crippen molar-refractivity contribution in [2.45, 2.75) is 26.8 Å². The lowest BCUT2D eigenvalue weighted by Gasteiger charge is -2.20. The molecule has 4 heteroatoms. The number of nitrogens with zero attached hydrogens (tertiary/aromatic N) is 3. The number of rotatable bonds is 3. The largest absolute Gasteiger partial charge is 0.355 e. The van der Waals surface area contributed by atoms with E-state index in [2.05, 4.69) is 34.0 Å². The lowest BCUT2D eigenvalue weighted by molar-refractivity contribution is 0.418. The molecule has 0 spiro atoms. The van der Waals surface area contributed by atoms with Gasteiger partial charge in [-0.25, -0.2) is 4.98 Å². The Hall–Kier alpha value is -1.16. The van der Waals surface area contributed by atoms with E-state index in [1.54, 1.807) is 0 Å². The average molecular weight is 220 g/mol. The highest BCUT2D eigenvalue weighted by atomic mass is 15.2. The Labute approximate surface area is 97.1 Å². The maximum atomic E-state index is 4.61. The first kappa shape index (κ1) is 11.3. The smallest absolute Gasteiger partial charge is 0.147 e. The van der Waals surface area contributed by atoms with Crippen LogP contribution >= 0.6 is 0 Å². The Bertz CT molecular complexity index is 362. The molecule has 0 aromatic carbocycles. The summed E-state index contributed by atoms with van der Waals surface area (Å²) in [5.41, 5.74) is 1.41. The van der Waals surface area contributed by atoms with Gasteiger partial charge in [-0.2, -0.15) is 0 Å². The normalized spacial score (nSPS) is 19.1. The van der Waals surface area contributed by atoms with Gasteiger partial charge in [-0.15, -0.1) is 0 Å². The molecule has 0 aliphatic carbocycles. The summed E-state index contributed by atoms with van der Waals surface area (Å²) in [5.74, 6) is 1.01. The quantitative estimate of drug-likeness (QED) is 0.836. The van der Waals surface area contributed by atoms with Crippen LogP contribution in [0.3, 0.4) is 0 Å². The van der Waals surface area contributed by atoms with Crippen molar-refractivity contribution in [2.24, 2.45) is 5.41 Å². The third-order valence-electron chi connectivity index (χ3n) is 3.03. The Kier molecular flexibility index (Phi) is 3.10. The number of hydrogen-bond acceptors (Lipinski definition) is 4. The first-order chi connectivity index (χ1) is 7.61. The van der Waals surface area contributed by atoms with Crippen molar-refractivity contribution in [3.05, 3.63) is 18.1 Å². The molecule has 2 heterocycles. The minimum Gasteiger partial charge on any atom is -0.355 e. The van der Waals surface area contributed by atoms with Gasteiger partial charge >= 0.3 is 0 Å². The monoisotopic (exact) mass is 220 g/mol. The van der Waals surface area contributed by atoms with Crippen molar-refractivity contribution in [1.82, 2.24) is 15.3 Å². The summed E-state index contributed by atoms with van der Waals surface area (Å²) in [5, 5.41) is 3.10. The van der Waals surface area contributed by atoms with Crippen LogP contribution < -0.4 is 10.2 Å². The number of nitrogens with one attached hydrogen (secondary N) is 1. The van der Waals surface area contributed by atoms with Crippen LogP contribution in [0.4, 0.5) is 5.82 Å². The van der Waals surface area contributed by atoms with Gasteiger partial charge in [-0.3, -0.25) is 4.98 Å². The molecule has 0 unspecified atom stereocenters. The van der Waals surface area contributed by atoms with E-state index in [1.807, 2.05) is 19.4 Å². The fourth-order valence-electron chi connectivity index (χ4n) is 2.12. The van der Waals surface area contributed by atoms with E-state index in [9.17, 15) is 0 Å². The molecule has 2 rings (SSSR count). The van der Waals surface area contributed by atoms with E-state index in [1.165, 1.54) is 6.42 Å². The van der Waals surface area contributed by atoms with Crippen LogP contribution in [0.2, 0.25) is 0 Å². The molecule has 4 nitrogen and oxygen atoms in total. The molecule has 0 atom stereocenters. The fraction of sp³-hybridized carbons (Fsp3) is 0.667. The highest BCUT2D eigenvalue weighted by Gasteiger charge is 2.29. The van der Waals surface area contributed by atoms with Crippen LogP contribution in [-0.4, -0.2) is 30.1 Å². The maximum Gasteiger partial charge on any atom is 0.147 e. The fourth-order valence-corrected chi connectivity index (χ4v) is 2.12. The molecule has 1 aliphatic rings. The molecule has 0 amide bonds. The zero-order chi connectivity index (χ0) is 11.6. The lowest BCUT2D eigenvalue weighted by Crippen LogP contribution is -2.24. The molecule has 1 N–H and O–H groups in total. The maximum absolute atomic E-state index is 4.61. The summed E-state index contributed by atoms with van der Waals surface area (Å²) >= 11 is 0. The van der Waals surface area contributed by atoms with Gasteiger partial charge in [-0.1, -0.05) is 13.8 Å². The second-order valence-corrected chi connectivity index (χ2v) is 5.23. The summed E-state index contributed by atoms with van der Waals surface area (Å²) in [6.07, 6.45) is 4.91. The van der Waals surface area contributed by atoms with E-state index in [0.29, 0.717) is 5.41 Å². The predicted molar refractivity (Wildman–Crippen MR) is 65.4 cm³/mol. The summed E-state index contributed by atoms with van der Waals surface area (Å²) in [6.45, 7) is 7.54. The van der Waals surface area contributed by atoms with Gasteiger partial charge in [0.2, 0.25) is 0 Å². The number of hydrogen-bond donors (Lipinski definition) is 1. The second kappa shape index (κ2) is 4.37. The van der Waals surface area contributed by atoms with Gasteiger partial charge in [0.05, 0.1) is 11.9 Å². The van der Waals surface area contributed by atoms with Gasteiger partial charge in [0, 0.05) is 25.8 Å². The molecular weight excluding hydrogens is 200 g/mol. The van der Waals surface area contributed by atoms with Crippen LogP contribution in [0.25, 0.3) is 0 Å².